The van der Waals surface area contributed by atoms with Gasteiger partial charge in [0.05, 0.1) is 5.56 Å². The fraction of sp³-hybridized carbons (Fsp3) is 0.231. The summed E-state index contributed by atoms with van der Waals surface area (Å²) in [5.74, 6) is -0.161. The van der Waals surface area contributed by atoms with Crippen molar-refractivity contribution in [3.8, 4) is 11.1 Å². The van der Waals surface area contributed by atoms with E-state index in [2.05, 4.69) is 5.32 Å². The molecule has 0 radical (unpaired) electrons. The number of hydrogen-bond acceptors (Lipinski definition) is 5. The molecule has 1 aliphatic rings. The van der Waals surface area contributed by atoms with E-state index >= 15 is 0 Å². The summed E-state index contributed by atoms with van der Waals surface area (Å²) in [7, 11) is 0. The Balaban J connectivity index is 1.36. The molecule has 35 heavy (non-hydrogen) atoms. The SMILES string of the molecule is O=Cc1cc(C(F)(F)F)ccc1C(O)C(O)CNC(=O)OCC1c2ccccc2-c2ccccc21. The average molecular weight is 485 g/mol. The minimum atomic E-state index is -4.66. The van der Waals surface area contributed by atoms with Crippen molar-refractivity contribution < 1.29 is 37.7 Å². The molecule has 3 N–H and O–H groups in total. The number of carbonyl (C=O) groups is 2. The number of ether oxygens (including phenoxy) is 1. The van der Waals surface area contributed by atoms with Crippen molar-refractivity contribution in [2.24, 2.45) is 0 Å². The topological polar surface area (TPSA) is 95.9 Å². The quantitative estimate of drug-likeness (QED) is 0.430. The summed E-state index contributed by atoms with van der Waals surface area (Å²) in [6.45, 7) is -0.399. The Morgan fingerprint density at radius 1 is 1.00 bits per heavy atom. The van der Waals surface area contributed by atoms with Crippen LogP contribution in [0, 0.1) is 0 Å². The summed E-state index contributed by atoms with van der Waals surface area (Å²) in [5, 5.41) is 22.9. The molecular weight excluding hydrogens is 463 g/mol. The minimum absolute atomic E-state index is 0.0483. The van der Waals surface area contributed by atoms with Gasteiger partial charge in [0, 0.05) is 18.0 Å². The first kappa shape index (κ1) is 24.4. The summed E-state index contributed by atoms with van der Waals surface area (Å²) in [6.07, 6.45) is -8.62. The van der Waals surface area contributed by atoms with Gasteiger partial charge in [-0.25, -0.2) is 4.79 Å². The normalized spacial score (nSPS) is 14.5. The monoisotopic (exact) mass is 485 g/mol. The number of nitrogens with one attached hydrogen (secondary N) is 1. The van der Waals surface area contributed by atoms with Crippen molar-refractivity contribution in [1.82, 2.24) is 5.32 Å². The standard InChI is InChI=1S/C26H22F3NO5/c27-26(28,29)16-9-10-17(15(11-16)13-31)24(33)23(32)12-30-25(34)35-14-22-20-7-3-1-5-18(20)19-6-2-4-8-21(19)22/h1-11,13,22-24,32-33H,12,14H2,(H,30,34). The van der Waals surface area contributed by atoms with Crippen LogP contribution in [0.25, 0.3) is 11.1 Å². The molecule has 0 heterocycles. The van der Waals surface area contributed by atoms with Crippen molar-refractivity contribution in [1.29, 1.82) is 0 Å². The molecule has 3 aromatic carbocycles. The second kappa shape index (κ2) is 9.89. The molecule has 2 unspecified atom stereocenters. The van der Waals surface area contributed by atoms with E-state index in [1.165, 1.54) is 0 Å². The van der Waals surface area contributed by atoms with Gasteiger partial charge >= 0.3 is 12.3 Å². The van der Waals surface area contributed by atoms with E-state index in [0.717, 1.165) is 28.3 Å². The number of alkyl carbamates (subject to hydrolysis) is 1. The third kappa shape index (κ3) is 5.06. The number of aldehydes is 1. The number of rotatable bonds is 7. The Morgan fingerprint density at radius 2 is 1.60 bits per heavy atom. The summed E-state index contributed by atoms with van der Waals surface area (Å²) < 4.78 is 43.9. The van der Waals surface area contributed by atoms with Crippen molar-refractivity contribution in [2.75, 3.05) is 13.2 Å². The summed E-state index contributed by atoms with van der Waals surface area (Å²) in [5.41, 5.74) is 2.54. The van der Waals surface area contributed by atoms with Gasteiger partial charge in [-0.1, -0.05) is 54.6 Å². The maximum Gasteiger partial charge on any atom is 0.416 e. The smallest absolute Gasteiger partial charge is 0.416 e. The van der Waals surface area contributed by atoms with E-state index in [9.17, 15) is 33.0 Å². The van der Waals surface area contributed by atoms with Gasteiger partial charge in [-0.15, -0.1) is 0 Å². The number of hydrogen-bond donors (Lipinski definition) is 3. The fourth-order valence-electron chi connectivity index (χ4n) is 4.28. The molecule has 0 saturated heterocycles. The maximum atomic E-state index is 12.9. The van der Waals surface area contributed by atoms with Crippen molar-refractivity contribution in [3.63, 3.8) is 0 Å². The Labute approximate surface area is 199 Å². The highest BCUT2D eigenvalue weighted by molar-refractivity contribution is 5.79. The van der Waals surface area contributed by atoms with E-state index in [1.54, 1.807) is 0 Å². The average Bonchev–Trinajstić information content (AvgIpc) is 3.18. The van der Waals surface area contributed by atoms with Crippen LogP contribution in [0.5, 0.6) is 0 Å². The fourth-order valence-corrected chi connectivity index (χ4v) is 4.28. The number of halogens is 3. The van der Waals surface area contributed by atoms with E-state index in [-0.39, 0.29) is 24.4 Å². The zero-order valence-electron chi connectivity index (χ0n) is 18.3. The molecule has 0 fully saturated rings. The molecule has 0 bridgehead atoms. The molecule has 0 saturated carbocycles. The highest BCUT2D eigenvalue weighted by Crippen LogP contribution is 2.44. The lowest BCUT2D eigenvalue weighted by Crippen LogP contribution is -2.36. The first-order chi connectivity index (χ1) is 16.7. The molecule has 3 aromatic rings. The molecule has 1 amide bonds. The predicted octanol–water partition coefficient (Wildman–Crippen LogP) is 4.45. The van der Waals surface area contributed by atoms with Crippen LogP contribution in [0.2, 0.25) is 0 Å². The number of benzene rings is 3. The highest BCUT2D eigenvalue weighted by Gasteiger charge is 2.32. The van der Waals surface area contributed by atoms with Gasteiger partial charge in [-0.05, 0) is 39.9 Å². The third-order valence-electron chi connectivity index (χ3n) is 6.02. The Bertz CT molecular complexity index is 1200. The van der Waals surface area contributed by atoms with Crippen LogP contribution in [0.1, 0.15) is 44.6 Å². The molecular formula is C26H22F3NO5. The first-order valence-electron chi connectivity index (χ1n) is 10.8. The Kier molecular flexibility index (Phi) is 6.90. The molecule has 0 aromatic heterocycles. The predicted molar refractivity (Wildman–Crippen MR) is 121 cm³/mol. The van der Waals surface area contributed by atoms with Crippen molar-refractivity contribution >= 4 is 12.4 Å². The zero-order valence-corrected chi connectivity index (χ0v) is 18.3. The van der Waals surface area contributed by atoms with Crippen LogP contribution in [0.4, 0.5) is 18.0 Å². The van der Waals surface area contributed by atoms with Gasteiger partial charge in [-0.3, -0.25) is 4.79 Å². The van der Waals surface area contributed by atoms with E-state index in [1.807, 2.05) is 48.5 Å². The van der Waals surface area contributed by atoms with Crippen LogP contribution < -0.4 is 5.32 Å². The Morgan fingerprint density at radius 3 is 2.17 bits per heavy atom. The lowest BCUT2D eigenvalue weighted by atomic mass is 9.97. The summed E-state index contributed by atoms with van der Waals surface area (Å²) in [6, 6.07) is 17.8. The summed E-state index contributed by atoms with van der Waals surface area (Å²) >= 11 is 0. The molecule has 1 aliphatic carbocycles. The van der Waals surface area contributed by atoms with Crippen LogP contribution in [0.15, 0.2) is 66.7 Å². The van der Waals surface area contributed by atoms with E-state index < -0.39 is 42.1 Å². The number of aliphatic hydroxyl groups excluding tert-OH is 2. The van der Waals surface area contributed by atoms with Gasteiger partial charge in [-0.2, -0.15) is 13.2 Å². The zero-order chi connectivity index (χ0) is 25.2. The van der Waals surface area contributed by atoms with Crippen molar-refractivity contribution in [2.45, 2.75) is 24.3 Å². The lowest BCUT2D eigenvalue weighted by Gasteiger charge is -2.21. The second-order valence-corrected chi connectivity index (χ2v) is 8.18. The van der Waals surface area contributed by atoms with Gasteiger partial charge in [0.2, 0.25) is 0 Å². The van der Waals surface area contributed by atoms with Gasteiger partial charge in [0.25, 0.3) is 0 Å². The number of carbonyl (C=O) groups excluding carboxylic acids is 2. The molecule has 182 valence electrons. The highest BCUT2D eigenvalue weighted by atomic mass is 19.4. The van der Waals surface area contributed by atoms with Crippen LogP contribution in [-0.4, -0.2) is 41.8 Å². The number of alkyl halides is 3. The summed E-state index contributed by atoms with van der Waals surface area (Å²) in [4.78, 5) is 23.5. The molecule has 0 aliphatic heterocycles. The molecule has 2 atom stereocenters. The largest absolute Gasteiger partial charge is 0.449 e. The van der Waals surface area contributed by atoms with E-state index in [4.69, 9.17) is 4.74 Å². The van der Waals surface area contributed by atoms with Crippen LogP contribution in [0.3, 0.4) is 0 Å². The Hall–Kier alpha value is -3.69. The van der Waals surface area contributed by atoms with Crippen LogP contribution in [-0.2, 0) is 10.9 Å². The number of amides is 1. The first-order valence-corrected chi connectivity index (χ1v) is 10.8. The molecule has 4 rings (SSSR count). The lowest BCUT2D eigenvalue weighted by molar-refractivity contribution is -0.137. The van der Waals surface area contributed by atoms with Gasteiger partial charge in [0.15, 0.2) is 0 Å². The van der Waals surface area contributed by atoms with E-state index in [0.29, 0.717) is 12.1 Å². The van der Waals surface area contributed by atoms with Crippen molar-refractivity contribution in [3.05, 3.63) is 94.5 Å². The number of fused-ring (bicyclic) bond motifs is 3. The van der Waals surface area contributed by atoms with Gasteiger partial charge in [0.1, 0.15) is 25.1 Å². The molecule has 9 heteroatoms. The third-order valence-corrected chi connectivity index (χ3v) is 6.02. The number of aliphatic hydroxyl groups is 2. The maximum absolute atomic E-state index is 12.9. The van der Waals surface area contributed by atoms with Crippen LogP contribution >= 0.6 is 0 Å². The molecule has 6 nitrogen and oxygen atoms in total. The minimum Gasteiger partial charge on any atom is -0.449 e. The second-order valence-electron chi connectivity index (χ2n) is 8.18. The molecule has 0 spiro atoms. The van der Waals surface area contributed by atoms with Gasteiger partial charge < -0.3 is 20.3 Å².